The fourth-order valence-corrected chi connectivity index (χ4v) is 0.220. The number of hydrogen-bond acceptors (Lipinski definition) is 3. The third kappa shape index (κ3) is 5.36. The lowest BCUT2D eigenvalue weighted by molar-refractivity contribution is 0.765. The number of nitrogens with zero attached hydrogens (tertiary/aromatic N) is 2. The van der Waals surface area contributed by atoms with Gasteiger partial charge in [0.25, 0.3) is 0 Å². The third-order valence-corrected chi connectivity index (χ3v) is 0.543. The molecule has 0 fully saturated rings. The van der Waals surface area contributed by atoms with E-state index in [0.29, 0.717) is 6.54 Å². The summed E-state index contributed by atoms with van der Waals surface area (Å²) in [6, 6.07) is 0. The van der Waals surface area contributed by atoms with Crippen LogP contribution in [0.2, 0.25) is 0 Å². The second kappa shape index (κ2) is 5.36. The lowest BCUT2D eigenvalue weighted by Crippen LogP contribution is -2.10. The Labute approximate surface area is 42.8 Å². The zero-order valence-electron chi connectivity index (χ0n) is 4.39. The molecule has 0 aromatic heterocycles. The smallest absolute Gasteiger partial charge is 0.0744 e. The molecule has 0 atom stereocenters. The molecule has 0 unspecified atom stereocenters. The van der Waals surface area contributed by atoms with Crippen molar-refractivity contribution in [1.29, 1.82) is 0 Å². The van der Waals surface area contributed by atoms with Crippen LogP contribution in [-0.4, -0.2) is 20.1 Å². The number of nitrogens with two attached hydrogens (primary N) is 1. The molecule has 0 radical (unpaired) electrons. The summed E-state index contributed by atoms with van der Waals surface area (Å²) in [5.74, 6) is 4.70. The number of likely N-dealkylation sites (N-methyl/N-ethyl adjacent to an activating group) is 1. The maximum atomic E-state index is 4.70. The zero-order chi connectivity index (χ0) is 5.54. The summed E-state index contributed by atoms with van der Waals surface area (Å²) >= 11 is 0. The molecule has 0 saturated heterocycles. The van der Waals surface area contributed by atoms with Crippen LogP contribution < -0.4 is 11.2 Å². The largest absolute Gasteiger partial charge is 0.318 e. The van der Waals surface area contributed by atoms with Gasteiger partial charge in [-0.1, -0.05) is 5.22 Å². The fourth-order valence-electron chi connectivity index (χ4n) is 0.220. The van der Waals surface area contributed by atoms with E-state index in [1.807, 2.05) is 7.05 Å². The van der Waals surface area contributed by atoms with Crippen LogP contribution in [0.25, 0.3) is 0 Å². The molecule has 0 rings (SSSR count). The minimum atomic E-state index is 0.660. The molecule has 0 spiro atoms. The average Bonchev–Trinajstić information content (AvgIpc) is 1.69. The zero-order valence-corrected chi connectivity index (χ0v) is 4.39. The molecule has 0 aromatic rings. The molecule has 0 aliphatic rings. The molecule has 0 saturated carbocycles. The van der Waals surface area contributed by atoms with Crippen molar-refractivity contribution in [3.05, 3.63) is 0 Å². The van der Waals surface area contributed by atoms with Crippen molar-refractivity contribution in [1.82, 2.24) is 5.32 Å². The van der Waals surface area contributed by atoms with E-state index in [0.717, 1.165) is 6.54 Å². The van der Waals surface area contributed by atoms with E-state index in [-0.39, 0.29) is 0 Å². The van der Waals surface area contributed by atoms with E-state index >= 15 is 0 Å². The number of rotatable bonds is 3. The Hall–Kier alpha value is -0.640. The molecule has 0 bridgehead atoms. The van der Waals surface area contributed by atoms with E-state index in [2.05, 4.69) is 15.7 Å². The Morgan fingerprint density at radius 3 is 2.86 bits per heavy atom. The molecule has 4 heteroatoms. The second-order valence-corrected chi connectivity index (χ2v) is 1.08. The maximum Gasteiger partial charge on any atom is 0.0744 e. The molecule has 0 aromatic carbocycles. The molecule has 0 aliphatic heterocycles. The van der Waals surface area contributed by atoms with Crippen molar-refractivity contribution in [2.45, 2.75) is 0 Å². The fraction of sp³-hybridized carbons (Fsp3) is 1.00. The van der Waals surface area contributed by atoms with Gasteiger partial charge in [0.15, 0.2) is 0 Å². The topological polar surface area (TPSA) is 62.8 Å². The molecular formula is C3H10N4. The highest BCUT2D eigenvalue weighted by Gasteiger charge is 1.72. The van der Waals surface area contributed by atoms with Gasteiger partial charge in [0, 0.05) is 6.54 Å². The minimum absolute atomic E-state index is 0.660. The van der Waals surface area contributed by atoms with E-state index < -0.39 is 0 Å². The van der Waals surface area contributed by atoms with Gasteiger partial charge in [-0.15, -0.1) is 0 Å². The van der Waals surface area contributed by atoms with Gasteiger partial charge in [0.1, 0.15) is 0 Å². The highest BCUT2D eigenvalue weighted by Crippen LogP contribution is 1.62. The maximum absolute atomic E-state index is 4.70. The summed E-state index contributed by atoms with van der Waals surface area (Å²) in [5, 5.41) is 9.45. The van der Waals surface area contributed by atoms with Crippen molar-refractivity contribution in [3.63, 3.8) is 0 Å². The predicted molar refractivity (Wildman–Crippen MR) is 27.8 cm³/mol. The van der Waals surface area contributed by atoms with Crippen LogP contribution in [0.3, 0.4) is 0 Å². The van der Waals surface area contributed by atoms with Gasteiger partial charge in [0.05, 0.1) is 6.54 Å². The first kappa shape index (κ1) is 6.36. The number of nitrogens with one attached hydrogen (secondary N) is 1. The van der Waals surface area contributed by atoms with Gasteiger partial charge in [-0.3, -0.25) is 0 Å². The summed E-state index contributed by atoms with van der Waals surface area (Å²) < 4.78 is 0. The summed E-state index contributed by atoms with van der Waals surface area (Å²) in [4.78, 5) is 0. The van der Waals surface area contributed by atoms with Gasteiger partial charge in [-0.25, -0.2) is 0 Å². The molecule has 4 nitrogen and oxygen atoms in total. The van der Waals surface area contributed by atoms with Crippen molar-refractivity contribution in [3.8, 4) is 0 Å². The molecule has 0 aliphatic carbocycles. The molecular weight excluding hydrogens is 92.1 g/mol. The molecule has 0 amide bonds. The van der Waals surface area contributed by atoms with Crippen molar-refractivity contribution < 1.29 is 0 Å². The van der Waals surface area contributed by atoms with Gasteiger partial charge in [-0.05, 0) is 7.05 Å². The average molecular weight is 102 g/mol. The summed E-state index contributed by atoms with van der Waals surface area (Å²) in [6.45, 7) is 1.49. The summed E-state index contributed by atoms with van der Waals surface area (Å²) in [5.41, 5.74) is 0. The quantitative estimate of drug-likeness (QED) is 0.219. The second-order valence-electron chi connectivity index (χ2n) is 1.08. The van der Waals surface area contributed by atoms with Gasteiger partial charge in [-0.2, -0.15) is 5.11 Å². The molecule has 42 valence electrons. The minimum Gasteiger partial charge on any atom is -0.318 e. The summed E-state index contributed by atoms with van der Waals surface area (Å²) in [7, 11) is 1.85. The van der Waals surface area contributed by atoms with Gasteiger partial charge in [0.2, 0.25) is 0 Å². The highest BCUT2D eigenvalue weighted by atomic mass is 15.3. The predicted octanol–water partition coefficient (Wildman–Crippen LogP) is -0.468. The standard InChI is InChI=1S/C3H10N4/c1-5-2-3-6-7-4/h5H,2-3H2,1H3,(H2,4,6). The van der Waals surface area contributed by atoms with Crippen LogP contribution in [0.15, 0.2) is 10.3 Å². The van der Waals surface area contributed by atoms with E-state index in [4.69, 9.17) is 5.84 Å². The van der Waals surface area contributed by atoms with Gasteiger partial charge < -0.3 is 11.2 Å². The SMILES string of the molecule is CNCCN=NN. The van der Waals surface area contributed by atoms with Crippen LogP contribution >= 0.6 is 0 Å². The first-order chi connectivity index (χ1) is 3.41. The first-order valence-electron chi connectivity index (χ1n) is 2.13. The van der Waals surface area contributed by atoms with E-state index in [9.17, 15) is 0 Å². The van der Waals surface area contributed by atoms with Crippen LogP contribution in [0.1, 0.15) is 0 Å². The first-order valence-corrected chi connectivity index (χ1v) is 2.13. The van der Waals surface area contributed by atoms with E-state index in [1.54, 1.807) is 0 Å². The normalized spacial score (nSPS) is 10.4. The van der Waals surface area contributed by atoms with Crippen molar-refractivity contribution in [2.75, 3.05) is 20.1 Å². The highest BCUT2D eigenvalue weighted by molar-refractivity contribution is 4.38. The van der Waals surface area contributed by atoms with Crippen LogP contribution in [-0.2, 0) is 0 Å². The molecule has 0 heterocycles. The third-order valence-electron chi connectivity index (χ3n) is 0.543. The Morgan fingerprint density at radius 1 is 1.71 bits per heavy atom. The molecule has 7 heavy (non-hydrogen) atoms. The van der Waals surface area contributed by atoms with Gasteiger partial charge >= 0.3 is 0 Å². The van der Waals surface area contributed by atoms with Crippen LogP contribution in [0.5, 0.6) is 0 Å². The Balaban J connectivity index is 2.69. The Kier molecular flexibility index (Phi) is 4.87. The molecule has 3 N–H and O–H groups in total. The number of hydrogen-bond donors (Lipinski definition) is 2. The van der Waals surface area contributed by atoms with Crippen LogP contribution in [0, 0.1) is 0 Å². The van der Waals surface area contributed by atoms with Crippen molar-refractivity contribution in [2.24, 2.45) is 16.2 Å². The lowest BCUT2D eigenvalue weighted by Gasteiger charge is -1.86. The monoisotopic (exact) mass is 102 g/mol. The van der Waals surface area contributed by atoms with E-state index in [1.165, 1.54) is 0 Å². The Morgan fingerprint density at radius 2 is 2.43 bits per heavy atom. The lowest BCUT2D eigenvalue weighted by atomic mass is 10.7. The van der Waals surface area contributed by atoms with Crippen molar-refractivity contribution >= 4 is 0 Å². The Bertz CT molecular complexity index is 50.9. The summed E-state index contributed by atoms with van der Waals surface area (Å²) in [6.07, 6.45) is 0. The van der Waals surface area contributed by atoms with Crippen LogP contribution in [0.4, 0.5) is 0 Å².